The number of nitrogens with zero attached hydrogens (tertiary/aromatic N) is 1. The van der Waals surface area contributed by atoms with Gasteiger partial charge in [-0.3, -0.25) is 4.90 Å². The Bertz CT molecular complexity index is 388. The van der Waals surface area contributed by atoms with E-state index in [2.05, 4.69) is 12.7 Å². The summed E-state index contributed by atoms with van der Waals surface area (Å²) in [6, 6.07) is 0. The van der Waals surface area contributed by atoms with Crippen molar-refractivity contribution < 1.29 is 9.53 Å². The Balaban J connectivity index is 2.46. The van der Waals surface area contributed by atoms with Crippen LogP contribution in [0.3, 0.4) is 0 Å². The van der Waals surface area contributed by atoms with E-state index in [0.29, 0.717) is 0 Å². The van der Waals surface area contributed by atoms with E-state index in [4.69, 9.17) is 4.74 Å². The molecule has 0 unspecified atom stereocenters. The van der Waals surface area contributed by atoms with Crippen LogP contribution in [0.25, 0.3) is 0 Å². The van der Waals surface area contributed by atoms with Crippen molar-refractivity contribution in [3.8, 4) is 0 Å². The number of hydrogen-bond donors (Lipinski definition) is 0. The number of unbranched alkanes of at least 4 members (excludes halogenated alkanes) is 1. The van der Waals surface area contributed by atoms with Gasteiger partial charge in [-0.15, -0.1) is 0 Å². The summed E-state index contributed by atoms with van der Waals surface area (Å²) in [7, 11) is 0. The largest absolute Gasteiger partial charge is 0.443 e. The van der Waals surface area contributed by atoms with Gasteiger partial charge in [0.05, 0.1) is 0 Å². The first-order chi connectivity index (χ1) is 9.42. The highest BCUT2D eigenvalue weighted by atomic mass is 16.6. The smallest absolute Gasteiger partial charge is 0.414 e. The monoisotopic (exact) mass is 277 g/mol. The minimum Gasteiger partial charge on any atom is -0.443 e. The van der Waals surface area contributed by atoms with Gasteiger partial charge in [-0.25, -0.2) is 4.79 Å². The molecular formula is C17H27NO2. The zero-order chi connectivity index (χ0) is 15.0. The first-order valence-electron chi connectivity index (χ1n) is 7.39. The maximum atomic E-state index is 12.0. The summed E-state index contributed by atoms with van der Waals surface area (Å²) in [6.45, 7) is 10.1. The van der Waals surface area contributed by atoms with Gasteiger partial charge < -0.3 is 4.74 Å². The molecule has 3 nitrogen and oxygen atoms in total. The molecule has 0 radical (unpaired) electrons. The molecular weight excluding hydrogens is 250 g/mol. The number of amides is 1. The molecule has 3 heteroatoms. The van der Waals surface area contributed by atoms with Crippen molar-refractivity contribution in [2.24, 2.45) is 0 Å². The molecule has 0 atom stereocenters. The maximum absolute atomic E-state index is 12.0. The third-order valence-corrected chi connectivity index (χ3v) is 3.00. The van der Waals surface area contributed by atoms with Crippen molar-refractivity contribution in [2.75, 3.05) is 6.54 Å². The van der Waals surface area contributed by atoms with E-state index in [1.54, 1.807) is 11.0 Å². The first-order valence-corrected chi connectivity index (χ1v) is 7.39. The summed E-state index contributed by atoms with van der Waals surface area (Å²) in [6.07, 6.45) is 13.0. The summed E-state index contributed by atoms with van der Waals surface area (Å²) in [5, 5.41) is 0. The lowest BCUT2D eigenvalue weighted by atomic mass is 10.0. The maximum Gasteiger partial charge on any atom is 0.414 e. The molecule has 0 fully saturated rings. The third kappa shape index (κ3) is 6.60. The van der Waals surface area contributed by atoms with E-state index in [0.717, 1.165) is 38.6 Å². The summed E-state index contributed by atoms with van der Waals surface area (Å²) >= 11 is 0. The van der Waals surface area contributed by atoms with Crippen LogP contribution in [0.5, 0.6) is 0 Å². The van der Waals surface area contributed by atoms with Gasteiger partial charge in [0.2, 0.25) is 0 Å². The predicted octanol–water partition coefficient (Wildman–Crippen LogP) is 4.81. The number of carbonyl (C=O) groups excluding carboxylic acids is 1. The second kappa shape index (κ2) is 7.93. The van der Waals surface area contributed by atoms with Crippen LogP contribution in [0.1, 0.15) is 52.9 Å². The van der Waals surface area contributed by atoms with Crippen molar-refractivity contribution in [3.63, 3.8) is 0 Å². The molecule has 1 rings (SSSR count). The fourth-order valence-electron chi connectivity index (χ4n) is 2.12. The minimum absolute atomic E-state index is 0.235. The van der Waals surface area contributed by atoms with Crippen LogP contribution >= 0.6 is 0 Å². The van der Waals surface area contributed by atoms with Crippen LogP contribution in [0.4, 0.5) is 4.79 Å². The predicted molar refractivity (Wildman–Crippen MR) is 83.4 cm³/mol. The van der Waals surface area contributed by atoms with Gasteiger partial charge in [0, 0.05) is 12.7 Å². The van der Waals surface area contributed by atoms with Crippen molar-refractivity contribution in [1.29, 1.82) is 0 Å². The second-order valence-corrected chi connectivity index (χ2v) is 6.12. The van der Waals surface area contributed by atoms with Crippen molar-refractivity contribution in [1.82, 2.24) is 4.90 Å². The lowest BCUT2D eigenvalue weighted by Gasteiger charge is -2.28. The van der Waals surface area contributed by atoms with Gasteiger partial charge in [-0.05, 0) is 52.9 Å². The molecule has 0 aromatic heterocycles. The Morgan fingerprint density at radius 3 is 2.90 bits per heavy atom. The quantitative estimate of drug-likeness (QED) is 0.533. The van der Waals surface area contributed by atoms with E-state index < -0.39 is 5.60 Å². The van der Waals surface area contributed by atoms with E-state index in [1.807, 2.05) is 33.0 Å². The fourth-order valence-corrected chi connectivity index (χ4v) is 2.12. The molecule has 0 aliphatic carbocycles. The molecule has 0 saturated heterocycles. The van der Waals surface area contributed by atoms with Gasteiger partial charge >= 0.3 is 6.09 Å². The lowest BCUT2D eigenvalue weighted by Crippen LogP contribution is -2.35. The Labute approximate surface area is 123 Å². The van der Waals surface area contributed by atoms with Crippen LogP contribution in [0, 0.1) is 0 Å². The summed E-state index contributed by atoms with van der Waals surface area (Å²) in [4.78, 5) is 13.7. The van der Waals surface area contributed by atoms with Gasteiger partial charge in [0.15, 0.2) is 0 Å². The Morgan fingerprint density at radius 2 is 2.25 bits per heavy atom. The molecule has 1 heterocycles. The zero-order valence-corrected chi connectivity index (χ0v) is 13.0. The molecule has 0 aromatic carbocycles. The van der Waals surface area contributed by atoms with E-state index in [-0.39, 0.29) is 6.09 Å². The zero-order valence-electron chi connectivity index (χ0n) is 13.0. The number of carbonyl (C=O) groups is 1. The van der Waals surface area contributed by atoms with E-state index in [1.165, 1.54) is 5.57 Å². The highest BCUT2D eigenvalue weighted by Gasteiger charge is 2.22. The van der Waals surface area contributed by atoms with Gasteiger partial charge in [0.1, 0.15) is 5.60 Å². The highest BCUT2D eigenvalue weighted by Crippen LogP contribution is 2.21. The Morgan fingerprint density at radius 1 is 1.50 bits per heavy atom. The molecule has 0 spiro atoms. The minimum atomic E-state index is -0.433. The number of hydrogen-bond acceptors (Lipinski definition) is 2. The van der Waals surface area contributed by atoms with Gasteiger partial charge in [-0.2, -0.15) is 0 Å². The number of rotatable bonds is 5. The fraction of sp³-hybridized carbons (Fsp3) is 0.588. The lowest BCUT2D eigenvalue weighted by molar-refractivity contribution is 0.0323. The SMILES string of the molecule is C=C/C=C/CCCC1=CN(C(=O)OC(C)(C)C)CCC1. The molecule has 1 aliphatic heterocycles. The van der Waals surface area contributed by atoms with Crippen LogP contribution < -0.4 is 0 Å². The molecule has 0 N–H and O–H groups in total. The van der Waals surface area contributed by atoms with E-state index >= 15 is 0 Å². The molecule has 0 bridgehead atoms. The molecule has 112 valence electrons. The van der Waals surface area contributed by atoms with Crippen LogP contribution in [0.2, 0.25) is 0 Å². The normalized spacial score (nSPS) is 16.1. The molecule has 0 saturated carbocycles. The molecule has 1 aliphatic rings. The molecule has 20 heavy (non-hydrogen) atoms. The van der Waals surface area contributed by atoms with Crippen molar-refractivity contribution >= 4 is 6.09 Å². The molecule has 0 aromatic rings. The van der Waals surface area contributed by atoms with Gasteiger partial charge in [-0.1, -0.05) is 30.4 Å². The standard InChI is InChI=1S/C17H27NO2/c1-5-6-7-8-9-11-15-12-10-13-18(14-15)16(19)20-17(2,3)4/h5-7,14H,1,8-13H2,2-4H3/b7-6+. The van der Waals surface area contributed by atoms with Crippen molar-refractivity contribution in [2.45, 2.75) is 58.5 Å². The van der Waals surface area contributed by atoms with E-state index in [9.17, 15) is 4.79 Å². The summed E-state index contributed by atoms with van der Waals surface area (Å²) < 4.78 is 5.40. The van der Waals surface area contributed by atoms with Gasteiger partial charge in [0.25, 0.3) is 0 Å². The topological polar surface area (TPSA) is 29.5 Å². The van der Waals surface area contributed by atoms with Crippen LogP contribution in [-0.2, 0) is 4.74 Å². The van der Waals surface area contributed by atoms with Crippen LogP contribution in [0.15, 0.2) is 36.6 Å². The first kappa shape index (κ1) is 16.5. The Hall–Kier alpha value is -1.51. The summed E-state index contributed by atoms with van der Waals surface area (Å²) in [5.74, 6) is 0. The second-order valence-electron chi connectivity index (χ2n) is 6.12. The third-order valence-electron chi connectivity index (χ3n) is 3.00. The summed E-state index contributed by atoms with van der Waals surface area (Å²) in [5.41, 5.74) is 0.909. The average molecular weight is 277 g/mol. The average Bonchev–Trinajstić information content (AvgIpc) is 2.37. The Kier molecular flexibility index (Phi) is 6.56. The van der Waals surface area contributed by atoms with Crippen molar-refractivity contribution in [3.05, 3.63) is 36.6 Å². The van der Waals surface area contributed by atoms with Crippen LogP contribution in [-0.4, -0.2) is 23.1 Å². The highest BCUT2D eigenvalue weighted by molar-refractivity contribution is 5.69. The molecule has 1 amide bonds. The number of ether oxygens (including phenoxy) is 1. The number of allylic oxidation sites excluding steroid dienone is 4.